The van der Waals surface area contributed by atoms with Crippen LogP contribution in [0.2, 0.25) is 0 Å². The van der Waals surface area contributed by atoms with Crippen LogP contribution in [0.4, 0.5) is 10.8 Å². The molecule has 1 aromatic carbocycles. The number of carbonyl (C=O) groups is 2. The van der Waals surface area contributed by atoms with Gasteiger partial charge in [-0.15, -0.1) is 20.4 Å². The van der Waals surface area contributed by atoms with E-state index in [2.05, 4.69) is 31.0 Å². The van der Waals surface area contributed by atoms with Crippen molar-refractivity contribution in [1.82, 2.24) is 25.0 Å². The molecule has 164 valence electrons. The van der Waals surface area contributed by atoms with Crippen LogP contribution in [0.25, 0.3) is 0 Å². The van der Waals surface area contributed by atoms with Crippen molar-refractivity contribution in [2.24, 2.45) is 0 Å². The summed E-state index contributed by atoms with van der Waals surface area (Å²) in [6.45, 7) is 8.26. The molecule has 0 spiro atoms. The highest BCUT2D eigenvalue weighted by Gasteiger charge is 2.22. The molecule has 2 heterocycles. The predicted molar refractivity (Wildman–Crippen MR) is 122 cm³/mol. The van der Waals surface area contributed by atoms with Gasteiger partial charge in [0.1, 0.15) is 10.8 Å². The Morgan fingerprint density at radius 1 is 1.13 bits per heavy atom. The number of thioether (sulfide) groups is 1. The SMILES string of the molecule is CCc1nnc(NC(=O)[C@@H](C)Sc2nnc(CC(=O)Nc3ccccc3C)n2CC)s1. The Morgan fingerprint density at radius 2 is 1.90 bits per heavy atom. The first-order valence-corrected chi connectivity index (χ1v) is 11.7. The van der Waals surface area contributed by atoms with Crippen molar-refractivity contribution in [2.75, 3.05) is 10.6 Å². The second kappa shape index (κ2) is 10.5. The lowest BCUT2D eigenvalue weighted by Gasteiger charge is -2.12. The minimum absolute atomic E-state index is 0.0981. The fourth-order valence-electron chi connectivity index (χ4n) is 2.77. The minimum Gasteiger partial charge on any atom is -0.325 e. The fourth-order valence-corrected chi connectivity index (χ4v) is 4.39. The van der Waals surface area contributed by atoms with Crippen molar-refractivity contribution in [3.8, 4) is 0 Å². The van der Waals surface area contributed by atoms with Gasteiger partial charge in [0.25, 0.3) is 0 Å². The second-order valence-corrected chi connectivity index (χ2v) is 9.16. The number of hydrogen-bond acceptors (Lipinski definition) is 8. The molecule has 0 saturated carbocycles. The summed E-state index contributed by atoms with van der Waals surface area (Å²) in [6, 6.07) is 7.60. The molecule has 0 aliphatic carbocycles. The Morgan fingerprint density at radius 3 is 2.58 bits per heavy atom. The zero-order valence-electron chi connectivity index (χ0n) is 17.9. The molecule has 0 fully saturated rings. The number of anilines is 2. The zero-order valence-corrected chi connectivity index (χ0v) is 19.5. The lowest BCUT2D eigenvalue weighted by atomic mass is 10.2. The molecule has 31 heavy (non-hydrogen) atoms. The van der Waals surface area contributed by atoms with Gasteiger partial charge < -0.3 is 9.88 Å². The van der Waals surface area contributed by atoms with Crippen molar-refractivity contribution < 1.29 is 9.59 Å². The monoisotopic (exact) mass is 459 g/mol. The van der Waals surface area contributed by atoms with E-state index in [0.717, 1.165) is 22.7 Å². The summed E-state index contributed by atoms with van der Waals surface area (Å²) >= 11 is 2.66. The van der Waals surface area contributed by atoms with E-state index in [1.54, 1.807) is 6.92 Å². The molecule has 0 radical (unpaired) electrons. The van der Waals surface area contributed by atoms with E-state index in [1.165, 1.54) is 23.1 Å². The van der Waals surface area contributed by atoms with Crippen LogP contribution in [0.5, 0.6) is 0 Å². The maximum absolute atomic E-state index is 12.5. The smallest absolute Gasteiger partial charge is 0.239 e. The first kappa shape index (κ1) is 22.9. The fraction of sp³-hybridized carbons (Fsp3) is 0.400. The van der Waals surface area contributed by atoms with Crippen LogP contribution in [-0.2, 0) is 29.0 Å². The van der Waals surface area contributed by atoms with E-state index in [9.17, 15) is 9.59 Å². The molecule has 0 aliphatic rings. The normalized spacial score (nSPS) is 11.9. The molecular weight excluding hydrogens is 434 g/mol. The summed E-state index contributed by atoms with van der Waals surface area (Å²) in [6.07, 6.45) is 0.874. The van der Waals surface area contributed by atoms with E-state index >= 15 is 0 Å². The first-order chi connectivity index (χ1) is 14.9. The summed E-state index contributed by atoms with van der Waals surface area (Å²) in [5.41, 5.74) is 1.77. The maximum atomic E-state index is 12.5. The van der Waals surface area contributed by atoms with Crippen molar-refractivity contribution in [3.63, 3.8) is 0 Å². The summed E-state index contributed by atoms with van der Waals surface area (Å²) < 4.78 is 1.85. The summed E-state index contributed by atoms with van der Waals surface area (Å²) in [4.78, 5) is 25.0. The van der Waals surface area contributed by atoms with Gasteiger partial charge in [0.2, 0.25) is 16.9 Å². The minimum atomic E-state index is -0.419. The second-order valence-electron chi connectivity index (χ2n) is 6.79. The summed E-state index contributed by atoms with van der Waals surface area (Å²) in [5, 5.41) is 23.6. The third-order valence-corrected chi connectivity index (χ3v) is 6.56. The van der Waals surface area contributed by atoms with Crippen LogP contribution < -0.4 is 10.6 Å². The molecule has 3 aromatic rings. The highest BCUT2D eigenvalue weighted by atomic mass is 32.2. The van der Waals surface area contributed by atoms with Gasteiger partial charge in [-0.1, -0.05) is 48.2 Å². The molecule has 2 amide bonds. The molecule has 0 saturated heterocycles. The number of aryl methyl sites for hydroxylation is 2. The van der Waals surface area contributed by atoms with E-state index in [1.807, 2.05) is 49.6 Å². The molecule has 0 aliphatic heterocycles. The van der Waals surface area contributed by atoms with Crippen molar-refractivity contribution >= 4 is 45.7 Å². The predicted octanol–water partition coefficient (Wildman–Crippen LogP) is 3.32. The standard InChI is InChI=1S/C20H25N7O2S2/c1-5-17-24-25-19(31-17)22-18(29)13(4)30-20-26-23-15(27(20)6-2)11-16(28)21-14-10-8-7-9-12(14)3/h7-10,13H,5-6,11H2,1-4H3,(H,21,28)(H,22,25,29)/t13-/m1/s1. The van der Waals surface area contributed by atoms with Gasteiger partial charge in [-0.05, 0) is 38.8 Å². The molecular formula is C20H25N7O2S2. The van der Waals surface area contributed by atoms with E-state index in [-0.39, 0.29) is 18.2 Å². The Kier molecular flexibility index (Phi) is 7.75. The van der Waals surface area contributed by atoms with Crippen LogP contribution in [-0.4, -0.2) is 42.0 Å². The highest BCUT2D eigenvalue weighted by molar-refractivity contribution is 8.00. The third kappa shape index (κ3) is 5.88. The number of carbonyl (C=O) groups excluding carboxylic acids is 2. The van der Waals surface area contributed by atoms with Crippen LogP contribution in [0.15, 0.2) is 29.4 Å². The molecule has 11 heteroatoms. The molecule has 1 atom stereocenters. The Labute approximate surface area is 189 Å². The summed E-state index contributed by atoms with van der Waals surface area (Å²) in [5.74, 6) is 0.204. The van der Waals surface area contributed by atoms with Crippen molar-refractivity contribution in [2.45, 2.75) is 57.5 Å². The van der Waals surface area contributed by atoms with E-state index in [0.29, 0.717) is 22.7 Å². The van der Waals surface area contributed by atoms with Gasteiger partial charge in [0.15, 0.2) is 5.16 Å². The van der Waals surface area contributed by atoms with Gasteiger partial charge in [0.05, 0.1) is 11.7 Å². The zero-order chi connectivity index (χ0) is 22.4. The number of nitrogens with zero attached hydrogens (tertiary/aromatic N) is 5. The van der Waals surface area contributed by atoms with Gasteiger partial charge in [-0.3, -0.25) is 14.9 Å². The molecule has 0 unspecified atom stereocenters. The summed E-state index contributed by atoms with van der Waals surface area (Å²) in [7, 11) is 0. The number of para-hydroxylation sites is 1. The van der Waals surface area contributed by atoms with Gasteiger partial charge >= 0.3 is 0 Å². The molecule has 0 bridgehead atoms. The molecule has 3 rings (SSSR count). The van der Waals surface area contributed by atoms with E-state index < -0.39 is 5.25 Å². The number of nitrogens with one attached hydrogen (secondary N) is 2. The van der Waals surface area contributed by atoms with Gasteiger partial charge in [-0.2, -0.15) is 0 Å². The van der Waals surface area contributed by atoms with Crippen molar-refractivity contribution in [3.05, 3.63) is 40.7 Å². The van der Waals surface area contributed by atoms with Crippen molar-refractivity contribution in [1.29, 1.82) is 0 Å². The lowest BCUT2D eigenvalue weighted by molar-refractivity contribution is -0.116. The number of rotatable bonds is 9. The number of benzene rings is 1. The Bertz CT molecular complexity index is 1060. The highest BCUT2D eigenvalue weighted by Crippen LogP contribution is 2.25. The number of hydrogen-bond donors (Lipinski definition) is 2. The quantitative estimate of drug-likeness (QED) is 0.472. The lowest BCUT2D eigenvalue weighted by Crippen LogP contribution is -2.23. The number of aromatic nitrogens is 5. The maximum Gasteiger partial charge on any atom is 0.239 e. The van der Waals surface area contributed by atoms with Crippen LogP contribution in [0.1, 0.15) is 37.2 Å². The largest absolute Gasteiger partial charge is 0.325 e. The first-order valence-electron chi connectivity index (χ1n) is 9.98. The van der Waals surface area contributed by atoms with E-state index in [4.69, 9.17) is 0 Å². The van der Waals surface area contributed by atoms with Gasteiger partial charge in [-0.25, -0.2) is 0 Å². The third-order valence-electron chi connectivity index (χ3n) is 4.50. The Balaban J connectivity index is 1.62. The van der Waals surface area contributed by atoms with Gasteiger partial charge in [0, 0.05) is 12.2 Å². The molecule has 2 N–H and O–H groups in total. The molecule has 9 nitrogen and oxygen atoms in total. The average molecular weight is 460 g/mol. The van der Waals surface area contributed by atoms with Crippen LogP contribution >= 0.6 is 23.1 Å². The number of amides is 2. The molecule has 2 aromatic heterocycles. The van der Waals surface area contributed by atoms with Crippen LogP contribution in [0.3, 0.4) is 0 Å². The Hall–Kier alpha value is -2.79. The topological polar surface area (TPSA) is 115 Å². The average Bonchev–Trinajstić information content (AvgIpc) is 3.36. The van der Waals surface area contributed by atoms with Crippen LogP contribution in [0, 0.1) is 6.92 Å².